The summed E-state index contributed by atoms with van der Waals surface area (Å²) in [5, 5.41) is 0. The molecule has 1 aromatic heterocycles. The maximum absolute atomic E-state index is 13.2. The number of hydrogen-bond donors (Lipinski definition) is 0. The summed E-state index contributed by atoms with van der Waals surface area (Å²) in [4.78, 5) is 0. The topological polar surface area (TPSA) is 25.8 Å². The fourth-order valence-electron chi connectivity index (χ4n) is 0.998. The van der Waals surface area contributed by atoms with Gasteiger partial charge in [-0.3, -0.25) is 0 Å². The normalized spacial score (nSPS) is 9.79. The molecule has 0 saturated carbocycles. The molecule has 2 nitrogen and oxygen atoms in total. The van der Waals surface area contributed by atoms with Crippen LogP contribution in [0.5, 0.6) is 0 Å². The van der Waals surface area contributed by atoms with Gasteiger partial charge in [-0.2, -0.15) is 0 Å². The van der Waals surface area contributed by atoms with Crippen molar-refractivity contribution in [3.8, 4) is 0 Å². The molecular formula is C9H10F2N2Se. The second kappa shape index (κ2) is 4.62. The summed E-state index contributed by atoms with van der Waals surface area (Å²) in [5.41, 5.74) is 0.452. The van der Waals surface area contributed by atoms with Crippen LogP contribution in [0.3, 0.4) is 0 Å². The van der Waals surface area contributed by atoms with E-state index in [1.165, 1.54) is 6.92 Å². The van der Waals surface area contributed by atoms with Gasteiger partial charge in [0.2, 0.25) is 0 Å². The molecule has 2 aromatic rings. The standard InChI is InChI=1S/C7H4F2N2Se.C2H6/c1-3-2-4(8)6-7(5(3)9)11-12-10-6;1-2/h2H,1H3;1-2H3. The quantitative estimate of drug-likeness (QED) is 0.681. The first-order chi connectivity index (χ1) is 6.70. The molecule has 0 unspecified atom stereocenters. The molecule has 0 amide bonds. The van der Waals surface area contributed by atoms with E-state index in [0.717, 1.165) is 6.07 Å². The Morgan fingerprint density at radius 3 is 2.36 bits per heavy atom. The van der Waals surface area contributed by atoms with Crippen LogP contribution in [0, 0.1) is 18.6 Å². The van der Waals surface area contributed by atoms with E-state index in [0.29, 0.717) is 0 Å². The molecule has 0 bridgehead atoms. The predicted octanol–water partition coefficient (Wildman–Crippen LogP) is 2.30. The van der Waals surface area contributed by atoms with Crippen LogP contribution in [0.2, 0.25) is 0 Å². The van der Waals surface area contributed by atoms with Gasteiger partial charge in [-0.05, 0) is 0 Å². The van der Waals surface area contributed by atoms with Crippen molar-refractivity contribution >= 4 is 26.0 Å². The first-order valence-corrected chi connectivity index (χ1v) is 5.80. The Bertz CT molecular complexity index is 440. The van der Waals surface area contributed by atoms with Crippen LogP contribution in [0.25, 0.3) is 11.0 Å². The van der Waals surface area contributed by atoms with Gasteiger partial charge in [0.05, 0.1) is 0 Å². The van der Waals surface area contributed by atoms with Crippen LogP contribution in [0.15, 0.2) is 6.07 Å². The Morgan fingerprint density at radius 1 is 1.14 bits per heavy atom. The predicted molar refractivity (Wildman–Crippen MR) is 52.5 cm³/mol. The summed E-state index contributed by atoms with van der Waals surface area (Å²) in [6.07, 6.45) is 0. The van der Waals surface area contributed by atoms with Crippen LogP contribution in [-0.2, 0) is 0 Å². The van der Waals surface area contributed by atoms with Gasteiger partial charge in [0.25, 0.3) is 0 Å². The molecule has 0 N–H and O–H groups in total. The number of rotatable bonds is 0. The van der Waals surface area contributed by atoms with Gasteiger partial charge in [-0.1, -0.05) is 13.8 Å². The minimum absolute atomic E-state index is 0.0816. The number of benzene rings is 1. The van der Waals surface area contributed by atoms with Crippen molar-refractivity contribution in [1.82, 2.24) is 7.96 Å². The van der Waals surface area contributed by atoms with Gasteiger partial charge >= 0.3 is 72.9 Å². The molecule has 0 atom stereocenters. The van der Waals surface area contributed by atoms with Gasteiger partial charge in [-0.15, -0.1) is 0 Å². The van der Waals surface area contributed by atoms with E-state index < -0.39 is 11.6 Å². The SMILES string of the molecule is CC.Cc1cc(F)c2n[se]nc2c1F. The Balaban J connectivity index is 0.000000461. The van der Waals surface area contributed by atoms with Gasteiger partial charge in [0, 0.05) is 0 Å². The summed E-state index contributed by atoms with van der Waals surface area (Å²) in [6.45, 7) is 5.51. The van der Waals surface area contributed by atoms with Crippen LogP contribution < -0.4 is 0 Å². The van der Waals surface area contributed by atoms with Crippen LogP contribution in [0.1, 0.15) is 19.4 Å². The summed E-state index contributed by atoms with van der Waals surface area (Å²) >= 11 is -0.377. The molecule has 14 heavy (non-hydrogen) atoms. The Morgan fingerprint density at radius 2 is 1.71 bits per heavy atom. The van der Waals surface area contributed by atoms with Crippen molar-refractivity contribution in [3.63, 3.8) is 0 Å². The molecule has 0 aliphatic rings. The monoisotopic (exact) mass is 264 g/mol. The Labute approximate surface area is 87.2 Å². The van der Waals surface area contributed by atoms with Crippen molar-refractivity contribution < 1.29 is 8.78 Å². The number of aromatic nitrogens is 2. The maximum atomic E-state index is 13.2. The average Bonchev–Trinajstić information content (AvgIpc) is 2.67. The molecule has 5 heteroatoms. The number of aryl methyl sites for hydroxylation is 1. The van der Waals surface area contributed by atoms with E-state index in [-0.39, 0.29) is 31.6 Å². The molecule has 2 rings (SSSR count). The van der Waals surface area contributed by atoms with Gasteiger partial charge < -0.3 is 0 Å². The molecule has 1 heterocycles. The number of fused-ring (bicyclic) bond motifs is 1. The van der Waals surface area contributed by atoms with Gasteiger partial charge in [-0.25, -0.2) is 0 Å². The summed E-state index contributed by atoms with van der Waals surface area (Å²) < 4.78 is 33.8. The van der Waals surface area contributed by atoms with E-state index in [1.807, 2.05) is 13.8 Å². The first-order valence-electron chi connectivity index (χ1n) is 4.27. The van der Waals surface area contributed by atoms with E-state index in [1.54, 1.807) is 0 Å². The molecule has 0 radical (unpaired) electrons. The van der Waals surface area contributed by atoms with Crippen LogP contribution in [0.4, 0.5) is 8.78 Å². The average molecular weight is 263 g/mol. The summed E-state index contributed by atoms with van der Waals surface area (Å²) in [5.74, 6) is -0.929. The van der Waals surface area contributed by atoms with Crippen molar-refractivity contribution in [3.05, 3.63) is 23.3 Å². The number of hydrogen-bond acceptors (Lipinski definition) is 2. The summed E-state index contributed by atoms with van der Waals surface area (Å²) in [6, 6.07) is 1.15. The molecule has 0 spiro atoms. The fourth-order valence-corrected chi connectivity index (χ4v) is 2.14. The van der Waals surface area contributed by atoms with E-state index in [9.17, 15) is 8.78 Å². The second-order valence-corrected chi connectivity index (χ2v) is 3.56. The molecule has 0 aliphatic heterocycles. The number of halogens is 2. The van der Waals surface area contributed by atoms with Crippen molar-refractivity contribution in [1.29, 1.82) is 0 Å². The Kier molecular flexibility index (Phi) is 3.72. The van der Waals surface area contributed by atoms with E-state index in [2.05, 4.69) is 7.96 Å². The van der Waals surface area contributed by atoms with Crippen LogP contribution in [-0.4, -0.2) is 22.9 Å². The van der Waals surface area contributed by atoms with Crippen molar-refractivity contribution in [2.75, 3.05) is 0 Å². The van der Waals surface area contributed by atoms with E-state index in [4.69, 9.17) is 0 Å². The van der Waals surface area contributed by atoms with Crippen LogP contribution >= 0.6 is 0 Å². The third kappa shape index (κ3) is 1.83. The third-order valence-corrected chi connectivity index (χ3v) is 2.72. The molecule has 0 aliphatic carbocycles. The Hall–Kier alpha value is -0.801. The first kappa shape index (κ1) is 11.3. The summed E-state index contributed by atoms with van der Waals surface area (Å²) in [7, 11) is 0. The zero-order valence-electron chi connectivity index (χ0n) is 8.14. The number of nitrogens with zero attached hydrogens (tertiary/aromatic N) is 2. The fraction of sp³-hybridized carbons (Fsp3) is 0.333. The third-order valence-electron chi connectivity index (χ3n) is 1.61. The van der Waals surface area contributed by atoms with Crippen molar-refractivity contribution in [2.24, 2.45) is 0 Å². The molecule has 0 saturated heterocycles. The van der Waals surface area contributed by atoms with Gasteiger partial charge in [0.15, 0.2) is 0 Å². The molecule has 0 fully saturated rings. The van der Waals surface area contributed by atoms with Gasteiger partial charge in [0.1, 0.15) is 0 Å². The second-order valence-electron chi connectivity index (χ2n) is 2.45. The zero-order chi connectivity index (χ0) is 10.7. The van der Waals surface area contributed by atoms with Crippen molar-refractivity contribution in [2.45, 2.75) is 20.8 Å². The molecule has 1 aromatic carbocycles. The van der Waals surface area contributed by atoms with E-state index >= 15 is 0 Å². The molecule has 76 valence electrons. The zero-order valence-corrected chi connectivity index (χ0v) is 9.85. The molecular weight excluding hydrogens is 253 g/mol. The minimum atomic E-state index is -0.480.